The lowest BCUT2D eigenvalue weighted by atomic mass is 10.2. The van der Waals surface area contributed by atoms with Crippen LogP contribution in [0, 0.1) is 6.92 Å². The zero-order valence-corrected chi connectivity index (χ0v) is 14.9. The number of benzene rings is 1. The molecule has 0 atom stereocenters. The van der Waals surface area contributed by atoms with Gasteiger partial charge in [-0.25, -0.2) is 4.68 Å². The van der Waals surface area contributed by atoms with Gasteiger partial charge in [-0.1, -0.05) is 18.2 Å². The Bertz CT molecular complexity index is 817. The normalized spacial score (nSPS) is 16.0. The summed E-state index contributed by atoms with van der Waals surface area (Å²) in [6.45, 7) is 7.15. The molecule has 0 amide bonds. The number of hydrogen-bond donors (Lipinski definition) is 0. The van der Waals surface area contributed by atoms with Crippen molar-refractivity contribution in [1.82, 2.24) is 14.7 Å². The highest BCUT2D eigenvalue weighted by atomic mass is 32.1. The van der Waals surface area contributed by atoms with Gasteiger partial charge in [0.05, 0.1) is 24.6 Å². The van der Waals surface area contributed by atoms with Gasteiger partial charge in [0, 0.05) is 34.2 Å². The predicted molar refractivity (Wildman–Crippen MR) is 99.3 cm³/mol. The summed E-state index contributed by atoms with van der Waals surface area (Å²) in [7, 11) is 0. The molecule has 3 heterocycles. The number of hydrogen-bond acceptors (Lipinski definition) is 4. The van der Waals surface area contributed by atoms with Crippen molar-refractivity contribution in [2.75, 3.05) is 32.8 Å². The van der Waals surface area contributed by atoms with Gasteiger partial charge in [0.1, 0.15) is 0 Å². The summed E-state index contributed by atoms with van der Waals surface area (Å²) in [5, 5.41) is 8.36. The van der Waals surface area contributed by atoms with Gasteiger partial charge in [-0.05, 0) is 38.4 Å². The number of aryl methyl sites for hydroxylation is 2. The molecule has 1 aromatic carbocycles. The first-order valence-electron chi connectivity index (χ1n) is 8.63. The van der Waals surface area contributed by atoms with Crippen molar-refractivity contribution < 1.29 is 4.74 Å². The summed E-state index contributed by atoms with van der Waals surface area (Å²) in [5.74, 6) is 0. The summed E-state index contributed by atoms with van der Waals surface area (Å²) in [6, 6.07) is 10.8. The molecular formula is C19H23N3OS. The first-order valence-corrected chi connectivity index (χ1v) is 9.51. The molecule has 126 valence electrons. The van der Waals surface area contributed by atoms with Crippen LogP contribution in [0.2, 0.25) is 0 Å². The lowest BCUT2D eigenvalue weighted by Gasteiger charge is -2.26. The van der Waals surface area contributed by atoms with E-state index in [4.69, 9.17) is 9.84 Å². The molecule has 2 aromatic heterocycles. The fourth-order valence-corrected chi connectivity index (χ4v) is 4.26. The van der Waals surface area contributed by atoms with Crippen molar-refractivity contribution in [1.29, 1.82) is 0 Å². The SMILES string of the molecule is Cc1cc(CCCN2CCOCC2)nn1-c1csc2ccccc12. The molecule has 1 fully saturated rings. The summed E-state index contributed by atoms with van der Waals surface area (Å²) in [6.07, 6.45) is 2.19. The molecule has 0 unspecified atom stereocenters. The monoisotopic (exact) mass is 341 g/mol. The van der Waals surface area contributed by atoms with Crippen molar-refractivity contribution in [3.8, 4) is 5.69 Å². The minimum atomic E-state index is 0.874. The van der Waals surface area contributed by atoms with Crippen molar-refractivity contribution in [3.05, 3.63) is 47.1 Å². The van der Waals surface area contributed by atoms with Gasteiger partial charge in [0.15, 0.2) is 0 Å². The number of fused-ring (bicyclic) bond motifs is 1. The second kappa shape index (κ2) is 7.05. The van der Waals surface area contributed by atoms with E-state index in [1.165, 1.54) is 27.2 Å². The molecule has 24 heavy (non-hydrogen) atoms. The van der Waals surface area contributed by atoms with E-state index in [1.54, 1.807) is 11.3 Å². The second-order valence-corrected chi connectivity index (χ2v) is 7.27. The maximum atomic E-state index is 5.40. The molecule has 1 aliphatic heterocycles. The Morgan fingerprint density at radius 2 is 2.04 bits per heavy atom. The molecule has 4 rings (SSSR count). The van der Waals surface area contributed by atoms with Crippen LogP contribution in [0.3, 0.4) is 0 Å². The Balaban J connectivity index is 1.46. The van der Waals surface area contributed by atoms with Crippen LogP contribution in [-0.2, 0) is 11.2 Å². The number of thiophene rings is 1. The van der Waals surface area contributed by atoms with Crippen LogP contribution in [0.5, 0.6) is 0 Å². The molecule has 5 heteroatoms. The van der Waals surface area contributed by atoms with Gasteiger partial charge in [-0.2, -0.15) is 5.10 Å². The average molecular weight is 341 g/mol. The number of nitrogens with zero attached hydrogens (tertiary/aromatic N) is 3. The number of ether oxygens (including phenoxy) is 1. The van der Waals surface area contributed by atoms with Crippen LogP contribution in [0.4, 0.5) is 0 Å². The minimum absolute atomic E-state index is 0.874. The number of rotatable bonds is 5. The fourth-order valence-electron chi connectivity index (χ4n) is 3.34. The van der Waals surface area contributed by atoms with Crippen molar-refractivity contribution >= 4 is 21.4 Å². The molecule has 3 aromatic rings. The average Bonchev–Trinajstić information content (AvgIpc) is 3.19. The summed E-state index contributed by atoms with van der Waals surface area (Å²) < 4.78 is 8.82. The molecule has 1 saturated heterocycles. The molecule has 0 spiro atoms. The fraction of sp³-hybridized carbons (Fsp3) is 0.421. The molecule has 0 bridgehead atoms. The molecule has 0 aliphatic carbocycles. The molecular weight excluding hydrogens is 318 g/mol. The van der Waals surface area contributed by atoms with Crippen LogP contribution in [0.15, 0.2) is 35.7 Å². The van der Waals surface area contributed by atoms with E-state index >= 15 is 0 Å². The molecule has 1 aliphatic rings. The Morgan fingerprint density at radius 3 is 2.92 bits per heavy atom. The molecule has 0 N–H and O–H groups in total. The third-order valence-corrected chi connectivity index (χ3v) is 5.59. The zero-order chi connectivity index (χ0) is 16.4. The highest BCUT2D eigenvalue weighted by molar-refractivity contribution is 7.17. The van der Waals surface area contributed by atoms with Crippen molar-refractivity contribution in [3.63, 3.8) is 0 Å². The van der Waals surface area contributed by atoms with E-state index < -0.39 is 0 Å². The Labute approximate surface area is 146 Å². The third-order valence-electron chi connectivity index (χ3n) is 4.64. The van der Waals surface area contributed by atoms with E-state index in [9.17, 15) is 0 Å². The lowest BCUT2D eigenvalue weighted by Crippen LogP contribution is -2.36. The van der Waals surface area contributed by atoms with Crippen LogP contribution < -0.4 is 0 Å². The second-order valence-electron chi connectivity index (χ2n) is 6.36. The number of morpholine rings is 1. The van der Waals surface area contributed by atoms with Gasteiger partial charge in [0.25, 0.3) is 0 Å². The molecule has 0 radical (unpaired) electrons. The topological polar surface area (TPSA) is 30.3 Å². The van der Waals surface area contributed by atoms with E-state index in [0.717, 1.165) is 45.7 Å². The summed E-state index contributed by atoms with van der Waals surface area (Å²) in [4.78, 5) is 2.49. The van der Waals surface area contributed by atoms with E-state index in [1.807, 2.05) is 0 Å². The van der Waals surface area contributed by atoms with Gasteiger partial charge in [0.2, 0.25) is 0 Å². The standard InChI is InChI=1S/C19H23N3OS/c1-15-13-16(5-4-8-21-9-11-23-12-10-21)20-22(15)18-14-24-19-7-3-2-6-17(18)19/h2-3,6-7,13-14H,4-5,8-12H2,1H3. The Hall–Kier alpha value is -1.69. The Kier molecular flexibility index (Phi) is 4.65. The van der Waals surface area contributed by atoms with Crippen LogP contribution in [-0.4, -0.2) is 47.5 Å². The quantitative estimate of drug-likeness (QED) is 0.709. The maximum Gasteiger partial charge on any atom is 0.0834 e. The maximum absolute atomic E-state index is 5.40. The van der Waals surface area contributed by atoms with Crippen LogP contribution >= 0.6 is 11.3 Å². The summed E-state index contributed by atoms with van der Waals surface area (Å²) >= 11 is 1.78. The smallest absolute Gasteiger partial charge is 0.0834 e. The predicted octanol–water partition coefficient (Wildman–Crippen LogP) is 3.66. The van der Waals surface area contributed by atoms with Crippen molar-refractivity contribution in [2.24, 2.45) is 0 Å². The zero-order valence-electron chi connectivity index (χ0n) is 14.1. The van der Waals surface area contributed by atoms with Crippen LogP contribution in [0.1, 0.15) is 17.8 Å². The van der Waals surface area contributed by atoms with Gasteiger partial charge in [-0.15, -0.1) is 11.3 Å². The van der Waals surface area contributed by atoms with E-state index in [0.29, 0.717) is 0 Å². The first-order chi connectivity index (χ1) is 11.8. The van der Waals surface area contributed by atoms with E-state index in [2.05, 4.69) is 52.2 Å². The first kappa shape index (κ1) is 15.8. The molecule has 4 nitrogen and oxygen atoms in total. The Morgan fingerprint density at radius 1 is 1.21 bits per heavy atom. The highest BCUT2D eigenvalue weighted by Crippen LogP contribution is 2.29. The molecule has 0 saturated carbocycles. The third kappa shape index (κ3) is 3.24. The van der Waals surface area contributed by atoms with Crippen LogP contribution in [0.25, 0.3) is 15.8 Å². The largest absolute Gasteiger partial charge is 0.379 e. The van der Waals surface area contributed by atoms with Gasteiger partial charge >= 0.3 is 0 Å². The van der Waals surface area contributed by atoms with Crippen molar-refractivity contribution in [2.45, 2.75) is 19.8 Å². The minimum Gasteiger partial charge on any atom is -0.379 e. The summed E-state index contributed by atoms with van der Waals surface area (Å²) in [5.41, 5.74) is 3.60. The van der Waals surface area contributed by atoms with Gasteiger partial charge < -0.3 is 4.74 Å². The number of aromatic nitrogens is 2. The lowest BCUT2D eigenvalue weighted by molar-refractivity contribution is 0.0374. The van der Waals surface area contributed by atoms with E-state index in [-0.39, 0.29) is 0 Å². The highest BCUT2D eigenvalue weighted by Gasteiger charge is 2.12. The van der Waals surface area contributed by atoms with Gasteiger partial charge in [-0.3, -0.25) is 4.90 Å².